The zero-order valence-electron chi connectivity index (χ0n) is 12.3. The van der Waals surface area contributed by atoms with Gasteiger partial charge in [-0.25, -0.2) is 4.39 Å². The minimum atomic E-state index is -0.710. The number of nitrogens with zero attached hydrogens (tertiary/aromatic N) is 1. The highest BCUT2D eigenvalue weighted by Crippen LogP contribution is 2.34. The molecular formula is C16H22FNO2S. The highest BCUT2D eigenvalue weighted by molar-refractivity contribution is 7.99. The number of benzene rings is 1. The van der Waals surface area contributed by atoms with Crippen LogP contribution in [-0.4, -0.2) is 40.4 Å². The lowest BCUT2D eigenvalue weighted by Crippen LogP contribution is -2.51. The third kappa shape index (κ3) is 3.58. The zero-order chi connectivity index (χ0) is 15.3. The maximum Gasteiger partial charge on any atom is 0.324 e. The lowest BCUT2D eigenvalue weighted by Gasteiger charge is -2.34. The molecule has 1 fully saturated rings. The van der Waals surface area contributed by atoms with E-state index in [9.17, 15) is 14.3 Å². The molecule has 0 amide bonds. The third-order valence-corrected chi connectivity index (χ3v) is 5.17. The van der Waals surface area contributed by atoms with Gasteiger partial charge in [-0.05, 0) is 37.9 Å². The summed E-state index contributed by atoms with van der Waals surface area (Å²) in [7, 11) is 0. The van der Waals surface area contributed by atoms with Crippen molar-refractivity contribution in [2.45, 2.75) is 43.0 Å². The molecule has 0 radical (unpaired) electrons. The Morgan fingerprint density at radius 3 is 2.90 bits per heavy atom. The SMILES string of the molecule is CCCC1(C(=O)O)CCCN1CCSc1ccccc1F. The van der Waals surface area contributed by atoms with Crippen LogP contribution in [0.5, 0.6) is 0 Å². The molecule has 0 aromatic heterocycles. The highest BCUT2D eigenvalue weighted by Gasteiger charge is 2.46. The van der Waals surface area contributed by atoms with Gasteiger partial charge in [-0.2, -0.15) is 0 Å². The molecule has 1 heterocycles. The first kappa shape index (κ1) is 16.3. The standard InChI is InChI=1S/C16H22FNO2S/c1-2-8-16(15(19)20)9-5-10-18(16)11-12-21-14-7-4-3-6-13(14)17/h3-4,6-7H,2,5,8-12H2,1H3,(H,19,20). The van der Waals surface area contributed by atoms with Crippen LogP contribution in [0.1, 0.15) is 32.6 Å². The first-order valence-corrected chi connectivity index (χ1v) is 8.44. The molecule has 3 nitrogen and oxygen atoms in total. The van der Waals surface area contributed by atoms with Gasteiger partial charge < -0.3 is 5.11 Å². The number of carboxylic acid groups (broad SMARTS) is 1. The monoisotopic (exact) mass is 311 g/mol. The number of hydrogen-bond acceptors (Lipinski definition) is 3. The summed E-state index contributed by atoms with van der Waals surface area (Å²) in [5.41, 5.74) is -0.704. The Labute approximate surface area is 129 Å². The number of hydrogen-bond donors (Lipinski definition) is 1. The van der Waals surface area contributed by atoms with Gasteiger partial charge in [-0.1, -0.05) is 25.5 Å². The van der Waals surface area contributed by atoms with Gasteiger partial charge in [-0.3, -0.25) is 9.69 Å². The summed E-state index contributed by atoms with van der Waals surface area (Å²) in [6.45, 7) is 3.53. The van der Waals surface area contributed by atoms with Crippen molar-refractivity contribution in [2.24, 2.45) is 0 Å². The molecule has 1 N–H and O–H groups in total. The van der Waals surface area contributed by atoms with E-state index in [-0.39, 0.29) is 5.82 Å². The molecule has 5 heteroatoms. The molecule has 2 rings (SSSR count). The second-order valence-electron chi connectivity index (χ2n) is 5.46. The molecule has 116 valence electrons. The molecule has 1 saturated heterocycles. The van der Waals surface area contributed by atoms with Crippen molar-refractivity contribution in [1.29, 1.82) is 0 Å². The molecule has 0 bridgehead atoms. The second kappa shape index (κ2) is 7.27. The van der Waals surface area contributed by atoms with Crippen LogP contribution in [0.3, 0.4) is 0 Å². The minimum absolute atomic E-state index is 0.207. The van der Waals surface area contributed by atoms with Crippen molar-refractivity contribution in [3.63, 3.8) is 0 Å². The lowest BCUT2D eigenvalue weighted by molar-refractivity contribution is -0.150. The summed E-state index contributed by atoms with van der Waals surface area (Å²) in [6.07, 6.45) is 3.20. The molecule has 1 aliphatic rings. The first-order valence-electron chi connectivity index (χ1n) is 7.46. The maximum atomic E-state index is 13.6. The Bertz CT molecular complexity index is 497. The Balaban J connectivity index is 1.95. The van der Waals surface area contributed by atoms with E-state index in [4.69, 9.17) is 0 Å². The molecule has 0 aliphatic carbocycles. The maximum absolute atomic E-state index is 13.6. The van der Waals surface area contributed by atoms with Crippen LogP contribution < -0.4 is 0 Å². The van der Waals surface area contributed by atoms with Gasteiger partial charge in [0.2, 0.25) is 0 Å². The largest absolute Gasteiger partial charge is 0.480 e. The van der Waals surface area contributed by atoms with E-state index in [2.05, 4.69) is 4.90 Å². The molecule has 1 aromatic rings. The number of aliphatic carboxylic acids is 1. The fraction of sp³-hybridized carbons (Fsp3) is 0.562. The van der Waals surface area contributed by atoms with E-state index in [1.807, 2.05) is 13.0 Å². The van der Waals surface area contributed by atoms with Crippen LogP contribution in [0.15, 0.2) is 29.2 Å². The predicted octanol–water partition coefficient (Wildman–Crippen LogP) is 3.64. The minimum Gasteiger partial charge on any atom is -0.480 e. The van der Waals surface area contributed by atoms with Crippen molar-refractivity contribution in [2.75, 3.05) is 18.8 Å². The fourth-order valence-electron chi connectivity index (χ4n) is 3.13. The van der Waals surface area contributed by atoms with E-state index in [0.29, 0.717) is 23.6 Å². The van der Waals surface area contributed by atoms with Gasteiger partial charge >= 0.3 is 5.97 Å². The van der Waals surface area contributed by atoms with Gasteiger partial charge in [0.1, 0.15) is 11.4 Å². The molecule has 1 aromatic carbocycles. The van der Waals surface area contributed by atoms with Crippen LogP contribution in [0.4, 0.5) is 4.39 Å². The van der Waals surface area contributed by atoms with Gasteiger partial charge in [0.15, 0.2) is 0 Å². The molecule has 0 spiro atoms. The number of likely N-dealkylation sites (tertiary alicyclic amines) is 1. The second-order valence-corrected chi connectivity index (χ2v) is 6.59. The number of carboxylic acids is 1. The molecular weight excluding hydrogens is 289 g/mol. The van der Waals surface area contributed by atoms with Crippen molar-refractivity contribution in [1.82, 2.24) is 4.90 Å². The summed E-state index contributed by atoms with van der Waals surface area (Å²) in [5, 5.41) is 9.62. The molecule has 1 unspecified atom stereocenters. The predicted molar refractivity (Wildman–Crippen MR) is 83.2 cm³/mol. The van der Waals surface area contributed by atoms with Crippen LogP contribution >= 0.6 is 11.8 Å². The number of rotatable bonds is 7. The van der Waals surface area contributed by atoms with Gasteiger partial charge in [0, 0.05) is 17.2 Å². The van der Waals surface area contributed by atoms with Crippen molar-refractivity contribution in [3.05, 3.63) is 30.1 Å². The fourth-order valence-corrected chi connectivity index (χ4v) is 4.05. The summed E-state index contributed by atoms with van der Waals surface area (Å²) in [5.74, 6) is -0.209. The van der Waals surface area contributed by atoms with Gasteiger partial charge in [-0.15, -0.1) is 11.8 Å². The van der Waals surface area contributed by atoms with E-state index < -0.39 is 11.5 Å². The van der Waals surface area contributed by atoms with E-state index in [1.165, 1.54) is 17.8 Å². The summed E-state index contributed by atoms with van der Waals surface area (Å²) < 4.78 is 13.6. The number of thioether (sulfide) groups is 1. The Morgan fingerprint density at radius 2 is 2.24 bits per heavy atom. The van der Waals surface area contributed by atoms with Gasteiger partial charge in [0.25, 0.3) is 0 Å². The third-order valence-electron chi connectivity index (χ3n) is 4.14. The van der Waals surface area contributed by atoms with Crippen molar-refractivity contribution < 1.29 is 14.3 Å². The van der Waals surface area contributed by atoms with Crippen LogP contribution in [0, 0.1) is 5.82 Å². The van der Waals surface area contributed by atoms with E-state index in [0.717, 1.165) is 25.8 Å². The summed E-state index contributed by atoms with van der Waals surface area (Å²) >= 11 is 1.45. The number of halogens is 1. The van der Waals surface area contributed by atoms with Crippen molar-refractivity contribution >= 4 is 17.7 Å². The molecule has 0 saturated carbocycles. The average molecular weight is 311 g/mol. The van der Waals surface area contributed by atoms with E-state index in [1.54, 1.807) is 12.1 Å². The molecule has 1 atom stereocenters. The van der Waals surface area contributed by atoms with Crippen molar-refractivity contribution in [3.8, 4) is 0 Å². The average Bonchev–Trinajstić information content (AvgIpc) is 2.86. The Hall–Kier alpha value is -1.07. The van der Waals surface area contributed by atoms with Crippen LogP contribution in [0.25, 0.3) is 0 Å². The van der Waals surface area contributed by atoms with Gasteiger partial charge in [0.05, 0.1) is 0 Å². The van der Waals surface area contributed by atoms with Crippen LogP contribution in [-0.2, 0) is 4.79 Å². The summed E-state index contributed by atoms with van der Waals surface area (Å²) in [6, 6.07) is 6.72. The quantitative estimate of drug-likeness (QED) is 0.781. The van der Waals surface area contributed by atoms with Crippen LogP contribution in [0.2, 0.25) is 0 Å². The Morgan fingerprint density at radius 1 is 1.48 bits per heavy atom. The zero-order valence-corrected chi connectivity index (χ0v) is 13.2. The first-order chi connectivity index (χ1) is 10.1. The summed E-state index contributed by atoms with van der Waals surface area (Å²) in [4.78, 5) is 14.4. The number of carbonyl (C=O) groups is 1. The topological polar surface area (TPSA) is 40.5 Å². The smallest absolute Gasteiger partial charge is 0.324 e. The molecule has 1 aliphatic heterocycles. The lowest BCUT2D eigenvalue weighted by atomic mass is 9.91. The highest BCUT2D eigenvalue weighted by atomic mass is 32.2. The normalized spacial score (nSPS) is 22.6. The molecule has 21 heavy (non-hydrogen) atoms. The van der Waals surface area contributed by atoms with E-state index >= 15 is 0 Å². The Kier molecular flexibility index (Phi) is 5.65.